The maximum Gasteiger partial charge on any atom is 0.451 e. The van der Waals surface area contributed by atoms with Crippen molar-refractivity contribution in [3.05, 3.63) is 16.5 Å². The van der Waals surface area contributed by atoms with E-state index in [9.17, 15) is 13.2 Å². The molecule has 0 bridgehead atoms. The molecule has 78 valence electrons. The summed E-state index contributed by atoms with van der Waals surface area (Å²) in [5.41, 5.74) is 0. The Morgan fingerprint density at radius 1 is 1.29 bits per heavy atom. The van der Waals surface area contributed by atoms with Gasteiger partial charge in [-0.05, 0) is 15.9 Å². The molecule has 0 unspecified atom stereocenters. The van der Waals surface area contributed by atoms with Crippen molar-refractivity contribution < 1.29 is 13.2 Å². The second-order valence-corrected chi connectivity index (χ2v) is 3.58. The van der Waals surface area contributed by atoms with Gasteiger partial charge in [-0.1, -0.05) is 0 Å². The van der Waals surface area contributed by atoms with Crippen LogP contribution in [0.25, 0.3) is 0 Å². The summed E-state index contributed by atoms with van der Waals surface area (Å²) in [5.74, 6) is -0.935. The quantitative estimate of drug-likeness (QED) is 0.733. The smallest absolute Gasteiger partial charge is 0.363 e. The van der Waals surface area contributed by atoms with Crippen LogP contribution in [0.4, 0.5) is 19.0 Å². The van der Waals surface area contributed by atoms with Crippen LogP contribution in [0.3, 0.4) is 0 Å². The number of aromatic nitrogens is 2. The van der Waals surface area contributed by atoms with Gasteiger partial charge in [-0.25, -0.2) is 9.97 Å². The van der Waals surface area contributed by atoms with E-state index < -0.39 is 12.0 Å². The highest BCUT2D eigenvalue weighted by atomic mass is 79.9. The van der Waals surface area contributed by atoms with Crippen molar-refractivity contribution in [3.8, 4) is 0 Å². The molecule has 0 spiro atoms. The van der Waals surface area contributed by atoms with Crippen LogP contribution in [0.1, 0.15) is 5.82 Å². The SMILES string of the molecule is CN(C)c1cc(Br)nc(C(F)(F)F)n1. The fourth-order valence-electron chi connectivity index (χ4n) is 0.762. The van der Waals surface area contributed by atoms with E-state index in [1.54, 1.807) is 14.1 Å². The lowest BCUT2D eigenvalue weighted by Gasteiger charge is -2.13. The summed E-state index contributed by atoms with van der Waals surface area (Å²) in [4.78, 5) is 8.08. The summed E-state index contributed by atoms with van der Waals surface area (Å²) in [6, 6.07) is 1.41. The molecule has 3 nitrogen and oxygen atoms in total. The van der Waals surface area contributed by atoms with Crippen molar-refractivity contribution >= 4 is 21.7 Å². The van der Waals surface area contributed by atoms with Crippen molar-refractivity contribution in [2.24, 2.45) is 0 Å². The molecule has 0 radical (unpaired) electrons. The average Bonchev–Trinajstić information content (AvgIpc) is 2.01. The van der Waals surface area contributed by atoms with Crippen LogP contribution in [-0.2, 0) is 6.18 Å². The molecular formula is C7H7BrF3N3. The van der Waals surface area contributed by atoms with Crippen molar-refractivity contribution in [3.63, 3.8) is 0 Å². The molecule has 0 aromatic carbocycles. The monoisotopic (exact) mass is 269 g/mol. The van der Waals surface area contributed by atoms with Crippen molar-refractivity contribution in [2.45, 2.75) is 6.18 Å². The predicted molar refractivity (Wildman–Crippen MR) is 49.1 cm³/mol. The third-order valence-electron chi connectivity index (χ3n) is 1.39. The van der Waals surface area contributed by atoms with Gasteiger partial charge in [0.05, 0.1) is 0 Å². The fourth-order valence-corrected chi connectivity index (χ4v) is 1.13. The van der Waals surface area contributed by atoms with Crippen molar-refractivity contribution in [2.75, 3.05) is 19.0 Å². The zero-order valence-corrected chi connectivity index (χ0v) is 9.02. The van der Waals surface area contributed by atoms with E-state index in [0.29, 0.717) is 0 Å². The fraction of sp³-hybridized carbons (Fsp3) is 0.429. The molecule has 0 saturated carbocycles. The molecule has 1 aromatic heterocycles. The van der Waals surface area contributed by atoms with Crippen LogP contribution in [-0.4, -0.2) is 24.1 Å². The second-order valence-electron chi connectivity index (χ2n) is 2.76. The molecule has 7 heteroatoms. The minimum Gasteiger partial charge on any atom is -0.363 e. The van der Waals surface area contributed by atoms with Crippen molar-refractivity contribution in [1.82, 2.24) is 9.97 Å². The zero-order chi connectivity index (χ0) is 10.9. The molecule has 0 fully saturated rings. The van der Waals surface area contributed by atoms with Gasteiger partial charge in [0, 0.05) is 20.2 Å². The number of hydrogen-bond acceptors (Lipinski definition) is 3. The molecule has 0 aliphatic heterocycles. The Hall–Kier alpha value is -0.850. The molecule has 1 aromatic rings. The maximum absolute atomic E-state index is 12.2. The summed E-state index contributed by atoms with van der Waals surface area (Å²) in [6.07, 6.45) is -4.52. The highest BCUT2D eigenvalue weighted by Gasteiger charge is 2.35. The first-order valence-corrected chi connectivity index (χ1v) is 4.39. The third-order valence-corrected chi connectivity index (χ3v) is 1.80. The van der Waals surface area contributed by atoms with E-state index in [4.69, 9.17) is 0 Å². The van der Waals surface area contributed by atoms with Gasteiger partial charge in [-0.3, -0.25) is 0 Å². The van der Waals surface area contributed by atoms with E-state index in [0.717, 1.165) is 0 Å². The maximum atomic E-state index is 12.2. The first kappa shape index (κ1) is 11.2. The lowest BCUT2D eigenvalue weighted by Crippen LogP contribution is -2.17. The van der Waals surface area contributed by atoms with Crippen LogP contribution < -0.4 is 4.90 Å². The summed E-state index contributed by atoms with van der Waals surface area (Å²) in [6.45, 7) is 0. The van der Waals surface area contributed by atoms with Crippen LogP contribution in [0.5, 0.6) is 0 Å². The van der Waals surface area contributed by atoms with Gasteiger partial charge >= 0.3 is 6.18 Å². The number of rotatable bonds is 1. The summed E-state index contributed by atoms with van der Waals surface area (Å²) in [5, 5.41) is 0. The largest absolute Gasteiger partial charge is 0.451 e. The Morgan fingerprint density at radius 2 is 1.86 bits per heavy atom. The number of hydrogen-bond donors (Lipinski definition) is 0. The summed E-state index contributed by atoms with van der Waals surface area (Å²) < 4.78 is 36.9. The van der Waals surface area contributed by atoms with Crippen LogP contribution in [0.2, 0.25) is 0 Å². The molecule has 0 N–H and O–H groups in total. The normalized spacial score (nSPS) is 11.6. The Balaban J connectivity index is 3.21. The predicted octanol–water partition coefficient (Wildman–Crippen LogP) is 2.32. The van der Waals surface area contributed by atoms with E-state index in [-0.39, 0.29) is 10.4 Å². The average molecular weight is 270 g/mol. The minimum absolute atomic E-state index is 0.114. The second kappa shape index (κ2) is 3.72. The molecule has 0 saturated heterocycles. The Labute approximate surface area is 87.1 Å². The van der Waals surface area contributed by atoms with Gasteiger partial charge in [0.25, 0.3) is 0 Å². The first-order chi connectivity index (χ1) is 6.30. The number of nitrogens with zero attached hydrogens (tertiary/aromatic N) is 3. The van der Waals surface area contributed by atoms with E-state index >= 15 is 0 Å². The lowest BCUT2D eigenvalue weighted by molar-refractivity contribution is -0.145. The minimum atomic E-state index is -4.52. The first-order valence-electron chi connectivity index (χ1n) is 3.60. The van der Waals surface area contributed by atoms with Crippen LogP contribution in [0.15, 0.2) is 10.7 Å². The topological polar surface area (TPSA) is 29.0 Å². The van der Waals surface area contributed by atoms with E-state index in [2.05, 4.69) is 25.9 Å². The van der Waals surface area contributed by atoms with Gasteiger partial charge in [0.1, 0.15) is 10.4 Å². The number of alkyl halides is 3. The van der Waals surface area contributed by atoms with Crippen LogP contribution in [0, 0.1) is 0 Å². The van der Waals surface area contributed by atoms with Gasteiger partial charge in [0.15, 0.2) is 0 Å². The molecule has 0 amide bonds. The zero-order valence-electron chi connectivity index (χ0n) is 7.43. The summed E-state index contributed by atoms with van der Waals surface area (Å²) in [7, 11) is 3.21. The Kier molecular flexibility index (Phi) is 2.98. The van der Waals surface area contributed by atoms with Crippen molar-refractivity contribution in [1.29, 1.82) is 0 Å². The van der Waals surface area contributed by atoms with Crippen LogP contribution >= 0.6 is 15.9 Å². The molecule has 0 aliphatic rings. The standard InChI is InChI=1S/C7H7BrF3N3/c1-14(2)5-3-4(8)12-6(13-5)7(9,10)11/h3H,1-2H3. The molecular weight excluding hydrogens is 263 g/mol. The highest BCUT2D eigenvalue weighted by molar-refractivity contribution is 9.10. The lowest BCUT2D eigenvalue weighted by atomic mass is 10.5. The Morgan fingerprint density at radius 3 is 2.29 bits per heavy atom. The van der Waals surface area contributed by atoms with E-state index in [1.165, 1.54) is 11.0 Å². The van der Waals surface area contributed by atoms with Gasteiger partial charge < -0.3 is 4.90 Å². The van der Waals surface area contributed by atoms with Gasteiger partial charge in [-0.2, -0.15) is 13.2 Å². The van der Waals surface area contributed by atoms with Gasteiger partial charge in [-0.15, -0.1) is 0 Å². The number of halogens is 4. The van der Waals surface area contributed by atoms with E-state index in [1.807, 2.05) is 0 Å². The Bertz CT molecular complexity index is 337. The molecule has 0 atom stereocenters. The molecule has 14 heavy (non-hydrogen) atoms. The highest BCUT2D eigenvalue weighted by Crippen LogP contribution is 2.28. The number of anilines is 1. The van der Waals surface area contributed by atoms with Gasteiger partial charge in [0.2, 0.25) is 5.82 Å². The third kappa shape index (κ3) is 2.57. The molecule has 0 aliphatic carbocycles. The molecule has 1 rings (SSSR count). The summed E-state index contributed by atoms with van der Waals surface area (Å²) >= 11 is 2.90. The molecule has 1 heterocycles.